The lowest BCUT2D eigenvalue weighted by atomic mass is 10.0. The third kappa shape index (κ3) is 5.32. The molecule has 0 spiro atoms. The second kappa shape index (κ2) is 10.4. The molecule has 6 nitrogen and oxygen atoms in total. The maximum absolute atomic E-state index is 13.3. The predicted molar refractivity (Wildman–Crippen MR) is 132 cm³/mol. The molecule has 0 saturated heterocycles. The Hall–Kier alpha value is -3.16. The van der Waals surface area contributed by atoms with E-state index in [2.05, 4.69) is 4.98 Å². The molecule has 0 aliphatic heterocycles. The normalized spacial score (nSPS) is 11.6. The van der Waals surface area contributed by atoms with Crippen LogP contribution in [0.1, 0.15) is 42.1 Å². The molecule has 0 amide bonds. The molecular weight excluding hydrogens is 472 g/mol. The van der Waals surface area contributed by atoms with Crippen molar-refractivity contribution in [2.45, 2.75) is 42.4 Å². The number of rotatable bonds is 10. The molecule has 0 radical (unpaired) electrons. The highest BCUT2D eigenvalue weighted by atomic mass is 35.5. The van der Waals surface area contributed by atoms with Crippen molar-refractivity contribution in [2.75, 3.05) is 6.61 Å². The van der Waals surface area contributed by atoms with Crippen LogP contribution in [0, 0.1) is 0 Å². The molecule has 0 unspecified atom stereocenters. The van der Waals surface area contributed by atoms with E-state index in [1.807, 2.05) is 17.4 Å². The number of aryl methyl sites for hydroxylation is 1. The summed E-state index contributed by atoms with van der Waals surface area (Å²) in [5.41, 5.74) is 2.27. The summed E-state index contributed by atoms with van der Waals surface area (Å²) in [4.78, 5) is 17.0. The van der Waals surface area contributed by atoms with Crippen molar-refractivity contribution >= 4 is 32.9 Å². The summed E-state index contributed by atoms with van der Waals surface area (Å²) in [6, 6.07) is 14.8. The summed E-state index contributed by atoms with van der Waals surface area (Å²) < 4.78 is 34.1. The number of ketones is 1. The number of hydrogen-bond acceptors (Lipinski definition) is 5. The number of carbonyl (C=O) groups is 1. The quantitative estimate of drug-likeness (QED) is 0.204. The van der Waals surface area contributed by atoms with E-state index in [0.29, 0.717) is 35.8 Å². The van der Waals surface area contributed by atoms with Crippen LogP contribution in [0.4, 0.5) is 0 Å². The van der Waals surface area contributed by atoms with Crippen LogP contribution in [0.5, 0.6) is 5.75 Å². The molecule has 2 heterocycles. The molecule has 0 fully saturated rings. The van der Waals surface area contributed by atoms with Gasteiger partial charge in [-0.3, -0.25) is 4.79 Å². The van der Waals surface area contributed by atoms with Gasteiger partial charge in [-0.1, -0.05) is 37.1 Å². The molecule has 0 aliphatic carbocycles. The molecule has 0 N–H and O–H groups in total. The minimum absolute atomic E-state index is 0.0140. The molecule has 2 aromatic heterocycles. The average Bonchev–Trinajstić information content (AvgIpc) is 3.32. The molecule has 0 atom stereocenters. The van der Waals surface area contributed by atoms with Crippen molar-refractivity contribution in [3.05, 3.63) is 89.3 Å². The lowest BCUT2D eigenvalue weighted by molar-refractivity contribution is 0.0982. The van der Waals surface area contributed by atoms with Gasteiger partial charge in [0.1, 0.15) is 16.3 Å². The summed E-state index contributed by atoms with van der Waals surface area (Å²) in [5, 5.41) is 0.324. The number of ether oxygens (including phenoxy) is 1. The van der Waals surface area contributed by atoms with Gasteiger partial charge in [0.2, 0.25) is 9.84 Å². The Balaban J connectivity index is 1.47. The highest BCUT2D eigenvalue weighted by molar-refractivity contribution is 7.91. The number of fused-ring (bicyclic) bond motifs is 1. The van der Waals surface area contributed by atoms with Crippen molar-refractivity contribution in [3.8, 4) is 5.75 Å². The average molecular weight is 497 g/mol. The Bertz CT molecular complexity index is 1410. The predicted octanol–water partition coefficient (Wildman–Crippen LogP) is 5.81. The zero-order valence-corrected chi connectivity index (χ0v) is 20.3. The molecule has 0 bridgehead atoms. The maximum Gasteiger partial charge on any atom is 0.210 e. The molecule has 2 aromatic carbocycles. The largest absolute Gasteiger partial charge is 0.492 e. The number of sulfone groups is 1. The topological polar surface area (TPSA) is 77.7 Å². The molecular formula is C26H25ClN2O4S. The minimum Gasteiger partial charge on any atom is -0.492 e. The summed E-state index contributed by atoms with van der Waals surface area (Å²) in [7, 11) is -3.82. The summed E-state index contributed by atoms with van der Waals surface area (Å²) >= 11 is 6.09. The van der Waals surface area contributed by atoms with E-state index in [1.165, 1.54) is 6.07 Å². The number of pyridine rings is 1. The Morgan fingerprint density at radius 3 is 2.65 bits per heavy atom. The third-order valence-electron chi connectivity index (χ3n) is 5.54. The van der Waals surface area contributed by atoms with Crippen molar-refractivity contribution in [2.24, 2.45) is 0 Å². The number of imidazole rings is 1. The Morgan fingerprint density at radius 1 is 1.09 bits per heavy atom. The Kier molecular flexibility index (Phi) is 7.34. The number of benzene rings is 2. The van der Waals surface area contributed by atoms with Crippen LogP contribution in [-0.2, 0) is 16.3 Å². The van der Waals surface area contributed by atoms with Gasteiger partial charge in [-0.25, -0.2) is 13.4 Å². The first kappa shape index (κ1) is 24.0. The standard InChI is InChI=1S/C26H25ClN2O4S/c1-2-3-16-33-24-12-8-21(27)17-25(24)34(31,32)22-9-4-19(5-10-22)6-11-23(30)20-7-13-26-28-14-15-29(26)18-20/h4-5,7-10,12-15,17-18H,2-3,6,11,16H2,1H3. The highest BCUT2D eigenvalue weighted by Crippen LogP contribution is 2.32. The molecule has 0 saturated carbocycles. The van der Waals surface area contributed by atoms with Gasteiger partial charge in [0.15, 0.2) is 5.78 Å². The lowest BCUT2D eigenvalue weighted by Gasteiger charge is -2.13. The Labute approximate surface area is 204 Å². The van der Waals surface area contributed by atoms with Gasteiger partial charge >= 0.3 is 0 Å². The third-order valence-corrected chi connectivity index (χ3v) is 7.56. The van der Waals surface area contributed by atoms with Crippen molar-refractivity contribution in [3.63, 3.8) is 0 Å². The zero-order valence-electron chi connectivity index (χ0n) is 18.8. The molecule has 8 heteroatoms. The molecule has 34 heavy (non-hydrogen) atoms. The smallest absolute Gasteiger partial charge is 0.210 e. The summed E-state index contributed by atoms with van der Waals surface area (Å²) in [6.45, 7) is 2.47. The first-order chi connectivity index (χ1) is 16.4. The van der Waals surface area contributed by atoms with Crippen LogP contribution in [-0.4, -0.2) is 30.2 Å². The fourth-order valence-corrected chi connectivity index (χ4v) is 5.25. The van der Waals surface area contributed by atoms with Gasteiger partial charge in [-0.2, -0.15) is 0 Å². The number of unbranched alkanes of at least 4 members (excludes halogenated alkanes) is 1. The fraction of sp³-hybridized carbons (Fsp3) is 0.231. The molecule has 4 aromatic rings. The van der Waals surface area contributed by atoms with E-state index in [9.17, 15) is 13.2 Å². The van der Waals surface area contributed by atoms with Gasteiger partial charge in [-0.05, 0) is 60.9 Å². The van der Waals surface area contributed by atoms with E-state index in [-0.39, 0.29) is 15.6 Å². The maximum atomic E-state index is 13.3. The SMILES string of the molecule is CCCCOc1ccc(Cl)cc1S(=O)(=O)c1ccc(CCC(=O)c2ccc3nccn3c2)cc1. The Morgan fingerprint density at radius 2 is 1.88 bits per heavy atom. The number of aromatic nitrogens is 2. The fourth-order valence-electron chi connectivity index (χ4n) is 3.59. The number of Topliss-reactive ketones (excluding diaryl/α,β-unsaturated/α-hetero) is 1. The van der Waals surface area contributed by atoms with Crippen molar-refractivity contribution < 1.29 is 17.9 Å². The second-order valence-electron chi connectivity index (χ2n) is 7.97. The van der Waals surface area contributed by atoms with Gasteiger partial charge in [0.25, 0.3) is 0 Å². The number of carbonyl (C=O) groups excluding carboxylic acids is 1. The van der Waals surface area contributed by atoms with E-state index < -0.39 is 9.84 Å². The van der Waals surface area contributed by atoms with Crippen LogP contribution in [0.3, 0.4) is 0 Å². The van der Waals surface area contributed by atoms with Gasteiger partial charge in [-0.15, -0.1) is 0 Å². The summed E-state index contributed by atoms with van der Waals surface area (Å²) in [6.07, 6.45) is 7.84. The highest BCUT2D eigenvalue weighted by Gasteiger charge is 2.23. The first-order valence-corrected chi connectivity index (χ1v) is 13.0. The van der Waals surface area contributed by atoms with E-state index in [4.69, 9.17) is 16.3 Å². The van der Waals surface area contributed by atoms with Crippen LogP contribution < -0.4 is 4.74 Å². The van der Waals surface area contributed by atoms with Gasteiger partial charge < -0.3 is 9.14 Å². The zero-order chi connectivity index (χ0) is 24.1. The van der Waals surface area contributed by atoms with E-state index >= 15 is 0 Å². The van der Waals surface area contributed by atoms with Crippen LogP contribution in [0.2, 0.25) is 5.02 Å². The van der Waals surface area contributed by atoms with Crippen LogP contribution in [0.15, 0.2) is 83.0 Å². The van der Waals surface area contributed by atoms with Crippen LogP contribution >= 0.6 is 11.6 Å². The van der Waals surface area contributed by atoms with Gasteiger partial charge in [0.05, 0.1) is 11.5 Å². The van der Waals surface area contributed by atoms with E-state index in [1.54, 1.807) is 61.1 Å². The van der Waals surface area contributed by atoms with E-state index in [0.717, 1.165) is 24.1 Å². The lowest BCUT2D eigenvalue weighted by Crippen LogP contribution is -2.07. The van der Waals surface area contributed by atoms with Gasteiger partial charge in [0, 0.05) is 35.6 Å². The first-order valence-electron chi connectivity index (χ1n) is 11.1. The molecule has 176 valence electrons. The van der Waals surface area contributed by atoms with Crippen molar-refractivity contribution in [1.82, 2.24) is 9.38 Å². The number of nitrogens with zero attached hydrogens (tertiary/aromatic N) is 2. The minimum atomic E-state index is -3.82. The number of halogens is 1. The number of hydrogen-bond donors (Lipinski definition) is 0. The monoisotopic (exact) mass is 496 g/mol. The molecule has 4 rings (SSSR count). The second-order valence-corrected chi connectivity index (χ2v) is 10.3. The van der Waals surface area contributed by atoms with Crippen LogP contribution in [0.25, 0.3) is 5.65 Å². The van der Waals surface area contributed by atoms with Crippen molar-refractivity contribution in [1.29, 1.82) is 0 Å². The summed E-state index contributed by atoms with van der Waals surface area (Å²) in [5.74, 6) is 0.308. The molecule has 0 aliphatic rings.